The lowest BCUT2D eigenvalue weighted by Gasteiger charge is -2.43. The predicted molar refractivity (Wildman–Crippen MR) is 103 cm³/mol. The van der Waals surface area contributed by atoms with Crippen molar-refractivity contribution in [3.8, 4) is 17.3 Å². The van der Waals surface area contributed by atoms with E-state index < -0.39 is 29.6 Å². The molecular weight excluding hydrogens is 392 g/mol. The smallest absolute Gasteiger partial charge is 0.309 e. The molecule has 0 spiro atoms. The predicted octanol–water partition coefficient (Wildman–Crippen LogP) is 3.61. The lowest BCUT2D eigenvalue weighted by atomic mass is 9.64. The highest BCUT2D eigenvalue weighted by molar-refractivity contribution is 5.93. The minimum absolute atomic E-state index is 0.0338. The van der Waals surface area contributed by atoms with Crippen LogP contribution in [0.3, 0.4) is 0 Å². The maximum atomic E-state index is 14.7. The third-order valence-electron chi connectivity index (χ3n) is 5.84. The number of hydrogen-bond acceptors (Lipinski definition) is 5. The normalized spacial score (nSPS) is 22.2. The molecule has 0 saturated heterocycles. The Balaban J connectivity index is 1.59. The van der Waals surface area contributed by atoms with Crippen LogP contribution in [0.4, 0.5) is 14.5 Å². The van der Waals surface area contributed by atoms with Gasteiger partial charge in [0.2, 0.25) is 0 Å². The highest BCUT2D eigenvalue weighted by Gasteiger charge is 2.44. The molecule has 3 aliphatic carbocycles. The maximum absolute atomic E-state index is 14.7. The average molecular weight is 407 g/mol. The van der Waals surface area contributed by atoms with Gasteiger partial charge in [0.05, 0.1) is 41.2 Å². The third-order valence-corrected chi connectivity index (χ3v) is 5.84. The zero-order chi connectivity index (χ0) is 21.0. The van der Waals surface area contributed by atoms with Gasteiger partial charge in [0.25, 0.3) is 0 Å². The summed E-state index contributed by atoms with van der Waals surface area (Å²) in [5.74, 6) is -2.80. The lowest BCUT2D eigenvalue weighted by Crippen LogP contribution is -2.46. The summed E-state index contributed by atoms with van der Waals surface area (Å²) in [6, 6.07) is 5.11. The lowest BCUT2D eigenvalue weighted by molar-refractivity contribution is -0.144. The van der Waals surface area contributed by atoms with Crippen molar-refractivity contribution in [2.24, 2.45) is 11.8 Å². The van der Waals surface area contributed by atoms with E-state index in [1.54, 1.807) is 0 Å². The molecule has 6 rings (SSSR count). The third kappa shape index (κ3) is 2.80. The number of carboxylic acids is 1. The number of aliphatic carboxylic acids is 1. The van der Waals surface area contributed by atoms with Crippen LogP contribution in [-0.4, -0.2) is 32.3 Å². The molecule has 2 atom stereocenters. The number of aromatic amines is 1. The van der Waals surface area contributed by atoms with Crippen LogP contribution in [0.15, 0.2) is 36.0 Å². The van der Waals surface area contributed by atoms with Gasteiger partial charge in [-0.2, -0.15) is 10.4 Å². The van der Waals surface area contributed by atoms with Crippen LogP contribution in [0, 0.1) is 34.8 Å². The number of aromatic nitrogens is 3. The topological polar surface area (TPSA) is 115 Å². The van der Waals surface area contributed by atoms with Crippen LogP contribution >= 0.6 is 0 Å². The van der Waals surface area contributed by atoms with Crippen molar-refractivity contribution in [1.29, 1.82) is 5.26 Å². The summed E-state index contributed by atoms with van der Waals surface area (Å²) < 4.78 is 28.4. The van der Waals surface area contributed by atoms with Gasteiger partial charge in [0.15, 0.2) is 5.65 Å². The van der Waals surface area contributed by atoms with Crippen LogP contribution < -0.4 is 5.32 Å². The Labute approximate surface area is 169 Å². The summed E-state index contributed by atoms with van der Waals surface area (Å²) >= 11 is 0. The maximum Gasteiger partial charge on any atom is 0.309 e. The second-order valence-electron chi connectivity index (χ2n) is 7.64. The molecule has 0 radical (unpaired) electrons. The summed E-state index contributed by atoms with van der Waals surface area (Å²) in [4.78, 5) is 15.6. The molecule has 3 aliphatic rings. The zero-order valence-corrected chi connectivity index (χ0v) is 15.5. The van der Waals surface area contributed by atoms with Crippen molar-refractivity contribution >= 4 is 22.7 Å². The van der Waals surface area contributed by atoms with Gasteiger partial charge in [-0.15, -0.1) is 0 Å². The van der Waals surface area contributed by atoms with Crippen molar-refractivity contribution in [3.63, 3.8) is 0 Å². The van der Waals surface area contributed by atoms with Crippen molar-refractivity contribution < 1.29 is 18.7 Å². The van der Waals surface area contributed by atoms with Crippen LogP contribution in [0.25, 0.3) is 22.3 Å². The summed E-state index contributed by atoms with van der Waals surface area (Å²) in [5.41, 5.74) is 2.16. The molecule has 3 N–H and O–H groups in total. The van der Waals surface area contributed by atoms with E-state index in [1.807, 2.05) is 12.1 Å². The highest BCUT2D eigenvalue weighted by Crippen LogP contribution is 2.46. The number of fused-ring (bicyclic) bond motifs is 3. The number of nitrogens with one attached hydrogen (secondary N) is 2. The fraction of sp³-hybridized carbons (Fsp3) is 0.238. The molecule has 30 heavy (non-hydrogen) atoms. The number of halogens is 2. The van der Waals surface area contributed by atoms with Gasteiger partial charge >= 0.3 is 5.97 Å². The van der Waals surface area contributed by atoms with Gasteiger partial charge in [-0.25, -0.2) is 13.8 Å². The Bertz CT molecular complexity index is 1270. The zero-order valence-electron chi connectivity index (χ0n) is 15.5. The first-order valence-corrected chi connectivity index (χ1v) is 9.37. The average Bonchev–Trinajstić information content (AvgIpc) is 3.11. The molecular formula is C21H15F2N5O2. The molecule has 1 aromatic carbocycles. The SMILES string of the molecule is N#Cc1cc(F)c(NC2C=C3CC(C3)C2C(=O)O)cc1-c1[nH]nc2ncc(F)cc12. The Kier molecular flexibility index (Phi) is 4.03. The van der Waals surface area contributed by atoms with Gasteiger partial charge in [0, 0.05) is 10.9 Å². The van der Waals surface area contributed by atoms with E-state index in [0.29, 0.717) is 16.6 Å². The van der Waals surface area contributed by atoms with E-state index in [1.165, 1.54) is 12.1 Å². The first-order valence-electron chi connectivity index (χ1n) is 9.37. The first-order chi connectivity index (χ1) is 14.4. The Morgan fingerprint density at radius 3 is 2.83 bits per heavy atom. The molecule has 2 bridgehead atoms. The minimum Gasteiger partial charge on any atom is -0.481 e. The van der Waals surface area contributed by atoms with E-state index in [-0.39, 0.29) is 22.8 Å². The Hall–Kier alpha value is -3.80. The minimum atomic E-state index is -0.928. The molecule has 0 amide bonds. The van der Waals surface area contributed by atoms with E-state index in [4.69, 9.17) is 0 Å². The highest BCUT2D eigenvalue weighted by atomic mass is 19.1. The fourth-order valence-corrected chi connectivity index (χ4v) is 4.38. The van der Waals surface area contributed by atoms with Crippen LogP contribution in [-0.2, 0) is 4.79 Å². The number of rotatable bonds is 4. The van der Waals surface area contributed by atoms with Gasteiger partial charge in [0.1, 0.15) is 11.6 Å². The summed E-state index contributed by atoms with van der Waals surface area (Å²) in [5, 5.41) is 29.2. The fourth-order valence-electron chi connectivity index (χ4n) is 4.38. The van der Waals surface area contributed by atoms with Crippen LogP contribution in [0.2, 0.25) is 0 Å². The van der Waals surface area contributed by atoms with E-state index in [2.05, 4.69) is 20.5 Å². The van der Waals surface area contributed by atoms with Gasteiger partial charge < -0.3 is 10.4 Å². The van der Waals surface area contributed by atoms with Gasteiger partial charge in [-0.05, 0) is 37.0 Å². The number of carboxylic acid groups (broad SMARTS) is 1. The molecule has 0 aliphatic heterocycles. The van der Waals surface area contributed by atoms with E-state index in [9.17, 15) is 23.9 Å². The van der Waals surface area contributed by atoms with Crippen molar-refractivity contribution in [1.82, 2.24) is 15.2 Å². The molecule has 2 unspecified atom stereocenters. The number of nitrogens with zero attached hydrogens (tertiary/aromatic N) is 3. The van der Waals surface area contributed by atoms with E-state index >= 15 is 0 Å². The number of anilines is 1. The summed E-state index contributed by atoms with van der Waals surface area (Å²) in [6.45, 7) is 0. The number of hydrogen-bond donors (Lipinski definition) is 3. The molecule has 2 aromatic heterocycles. The Morgan fingerprint density at radius 1 is 1.30 bits per heavy atom. The number of nitriles is 1. The molecule has 3 aromatic rings. The first kappa shape index (κ1) is 18.2. The molecule has 9 heteroatoms. The quantitative estimate of drug-likeness (QED) is 0.569. The standard InChI is InChI=1S/C21H15F2N5O2/c22-12-5-14-19(27-28-20(14)25-8-12)13-6-16(15(23)4-11(13)7-24)26-17-3-9-1-10(2-9)18(17)21(29)30/h3-6,8,10,17-18,26H,1-2H2,(H,29,30)(H,25,27,28). The summed E-state index contributed by atoms with van der Waals surface area (Å²) in [6.07, 6.45) is 4.40. The number of benzene rings is 1. The van der Waals surface area contributed by atoms with Crippen molar-refractivity contribution in [2.45, 2.75) is 18.9 Å². The molecule has 2 heterocycles. The van der Waals surface area contributed by atoms with Crippen LogP contribution in [0.1, 0.15) is 18.4 Å². The van der Waals surface area contributed by atoms with E-state index in [0.717, 1.165) is 30.7 Å². The van der Waals surface area contributed by atoms with Crippen molar-refractivity contribution in [3.05, 3.63) is 53.2 Å². The number of H-pyrrole nitrogens is 1. The van der Waals surface area contributed by atoms with Crippen molar-refractivity contribution in [2.75, 3.05) is 5.32 Å². The number of carbonyl (C=O) groups is 1. The molecule has 1 fully saturated rings. The summed E-state index contributed by atoms with van der Waals surface area (Å²) in [7, 11) is 0. The molecule has 150 valence electrons. The number of allylic oxidation sites excluding steroid dienone is 1. The molecule has 1 saturated carbocycles. The van der Waals surface area contributed by atoms with Gasteiger partial charge in [-0.1, -0.05) is 11.6 Å². The Morgan fingerprint density at radius 2 is 2.10 bits per heavy atom. The van der Waals surface area contributed by atoms with Gasteiger partial charge in [-0.3, -0.25) is 9.89 Å². The number of pyridine rings is 1. The second kappa shape index (κ2) is 6.62. The largest absolute Gasteiger partial charge is 0.481 e. The second-order valence-corrected chi connectivity index (χ2v) is 7.64. The molecule has 7 nitrogen and oxygen atoms in total. The van der Waals surface area contributed by atoms with Crippen LogP contribution in [0.5, 0.6) is 0 Å². The monoisotopic (exact) mass is 407 g/mol.